The van der Waals surface area contributed by atoms with Gasteiger partial charge in [0.2, 0.25) is 0 Å². The number of pyridine rings is 1. The first kappa shape index (κ1) is 20.5. The minimum Gasteiger partial charge on any atom is -0.377 e. The lowest BCUT2D eigenvalue weighted by Gasteiger charge is -2.19. The smallest absolute Gasteiger partial charge is 0.128 e. The predicted octanol–water partition coefficient (Wildman–Crippen LogP) is 5.28. The molecule has 0 aliphatic carbocycles. The fourth-order valence-electron chi connectivity index (χ4n) is 2.68. The Hall–Kier alpha value is -1.78. The molecule has 1 aromatic heterocycles. The molecule has 1 heterocycles. The average Bonchev–Trinajstić information content (AvgIpc) is 2.70. The van der Waals surface area contributed by atoms with Crippen molar-refractivity contribution in [2.24, 2.45) is 5.92 Å². The van der Waals surface area contributed by atoms with Crippen molar-refractivity contribution < 1.29 is 4.74 Å². The number of hydrogen-bond acceptors (Lipinski definition) is 4. The quantitative estimate of drug-likeness (QED) is 0.305. The number of anilines is 1. The highest BCUT2D eigenvalue weighted by Crippen LogP contribution is 2.17. The van der Waals surface area contributed by atoms with Crippen molar-refractivity contribution in [3.8, 4) is 0 Å². The molecule has 2 aromatic rings. The Morgan fingerprint density at radius 2 is 1.96 bits per heavy atom. The zero-order chi connectivity index (χ0) is 18.8. The van der Waals surface area contributed by atoms with Crippen LogP contribution in [0, 0.1) is 5.92 Å². The molecule has 0 aliphatic rings. The Labute approximate surface area is 163 Å². The van der Waals surface area contributed by atoms with E-state index in [4.69, 9.17) is 17.0 Å². The van der Waals surface area contributed by atoms with Gasteiger partial charge >= 0.3 is 0 Å². The number of hydrogen-bond donors (Lipinski definition) is 0. The van der Waals surface area contributed by atoms with Crippen LogP contribution in [0.1, 0.15) is 44.2 Å². The average molecular weight is 371 g/mol. The second kappa shape index (κ2) is 11.0. The zero-order valence-electron chi connectivity index (χ0n) is 16.1. The molecular weight excluding hydrogens is 340 g/mol. The van der Waals surface area contributed by atoms with E-state index >= 15 is 0 Å². The molecule has 0 fully saturated rings. The van der Waals surface area contributed by atoms with Crippen molar-refractivity contribution in [1.82, 2.24) is 4.98 Å². The SMILES string of the molecule is CCC(C)C(=S)c1ccnc(N(C)CCCCOCc2ccccc2)c1. The minimum atomic E-state index is 0.423. The van der Waals surface area contributed by atoms with Gasteiger partial charge in [0, 0.05) is 31.3 Å². The van der Waals surface area contributed by atoms with Crippen LogP contribution in [0.25, 0.3) is 0 Å². The van der Waals surface area contributed by atoms with Gasteiger partial charge in [0.05, 0.1) is 6.61 Å². The van der Waals surface area contributed by atoms with Gasteiger partial charge in [-0.05, 0) is 48.4 Å². The van der Waals surface area contributed by atoms with Crippen molar-refractivity contribution in [3.63, 3.8) is 0 Å². The second-order valence-corrected chi connectivity index (χ2v) is 7.18. The van der Waals surface area contributed by atoms with E-state index in [1.807, 2.05) is 30.5 Å². The van der Waals surface area contributed by atoms with Crippen molar-refractivity contribution in [3.05, 3.63) is 59.8 Å². The molecule has 0 aliphatic heterocycles. The van der Waals surface area contributed by atoms with Crippen LogP contribution in [0.4, 0.5) is 5.82 Å². The highest BCUT2D eigenvalue weighted by Gasteiger charge is 2.11. The van der Waals surface area contributed by atoms with Crippen LogP contribution >= 0.6 is 12.2 Å². The molecule has 0 spiro atoms. The van der Waals surface area contributed by atoms with Gasteiger partial charge in [0.15, 0.2) is 0 Å². The van der Waals surface area contributed by atoms with Gasteiger partial charge in [0.1, 0.15) is 5.82 Å². The van der Waals surface area contributed by atoms with E-state index in [1.54, 1.807) is 0 Å². The second-order valence-electron chi connectivity index (χ2n) is 6.74. The van der Waals surface area contributed by atoms with Gasteiger partial charge in [-0.25, -0.2) is 4.98 Å². The summed E-state index contributed by atoms with van der Waals surface area (Å²) in [5, 5.41) is 0. The number of nitrogens with zero attached hydrogens (tertiary/aromatic N) is 2. The van der Waals surface area contributed by atoms with E-state index < -0.39 is 0 Å². The lowest BCUT2D eigenvalue weighted by Crippen LogP contribution is -2.20. The minimum absolute atomic E-state index is 0.423. The summed E-state index contributed by atoms with van der Waals surface area (Å²) < 4.78 is 5.75. The summed E-state index contributed by atoms with van der Waals surface area (Å²) in [6, 6.07) is 14.4. The number of rotatable bonds is 11. The first-order chi connectivity index (χ1) is 12.6. The van der Waals surface area contributed by atoms with Gasteiger partial charge in [-0.2, -0.15) is 0 Å². The molecule has 3 nitrogen and oxygen atoms in total. The Kier molecular flexibility index (Phi) is 8.72. The maximum Gasteiger partial charge on any atom is 0.128 e. The topological polar surface area (TPSA) is 25.4 Å². The highest BCUT2D eigenvalue weighted by molar-refractivity contribution is 7.80. The first-order valence-corrected chi connectivity index (χ1v) is 9.85. The van der Waals surface area contributed by atoms with E-state index in [1.165, 1.54) is 5.56 Å². The fourth-order valence-corrected chi connectivity index (χ4v) is 2.98. The largest absolute Gasteiger partial charge is 0.377 e. The molecule has 2 rings (SSSR count). The summed E-state index contributed by atoms with van der Waals surface area (Å²) in [6.07, 6.45) is 5.04. The lowest BCUT2D eigenvalue weighted by molar-refractivity contribution is 0.117. The van der Waals surface area contributed by atoms with Crippen molar-refractivity contribution in [2.45, 2.75) is 39.7 Å². The molecule has 1 unspecified atom stereocenters. The van der Waals surface area contributed by atoms with Crippen LogP contribution in [0.3, 0.4) is 0 Å². The van der Waals surface area contributed by atoms with Crippen LogP contribution in [0.15, 0.2) is 48.7 Å². The molecule has 4 heteroatoms. The number of thiocarbonyl (C=S) groups is 1. The summed E-state index contributed by atoms with van der Waals surface area (Å²) in [5.41, 5.74) is 2.35. The Morgan fingerprint density at radius 1 is 1.19 bits per heavy atom. The number of benzene rings is 1. The molecule has 1 atom stereocenters. The summed E-state index contributed by atoms with van der Waals surface area (Å²) in [7, 11) is 2.09. The van der Waals surface area contributed by atoms with E-state index in [0.29, 0.717) is 12.5 Å². The molecule has 0 N–H and O–H groups in total. The van der Waals surface area contributed by atoms with Crippen molar-refractivity contribution >= 4 is 22.9 Å². The maximum absolute atomic E-state index is 5.75. The predicted molar refractivity (Wildman–Crippen MR) is 114 cm³/mol. The molecule has 0 radical (unpaired) electrons. The molecule has 0 bridgehead atoms. The van der Waals surface area contributed by atoms with Crippen LogP contribution in [0.5, 0.6) is 0 Å². The molecule has 0 saturated carbocycles. The molecule has 1 aromatic carbocycles. The fraction of sp³-hybridized carbons (Fsp3) is 0.455. The maximum atomic E-state index is 5.75. The molecule has 26 heavy (non-hydrogen) atoms. The molecular formula is C22H30N2OS. The van der Waals surface area contributed by atoms with E-state index in [-0.39, 0.29) is 0 Å². The van der Waals surface area contributed by atoms with Gasteiger partial charge in [0.25, 0.3) is 0 Å². The third-order valence-corrected chi connectivity index (χ3v) is 5.26. The molecule has 0 saturated heterocycles. The van der Waals surface area contributed by atoms with Crippen LogP contribution in [-0.2, 0) is 11.3 Å². The standard InChI is InChI=1S/C22H30N2OS/c1-4-18(2)22(26)20-12-13-23-21(16-20)24(3)14-8-9-15-25-17-19-10-6-5-7-11-19/h5-7,10-13,16,18H,4,8-9,14-15,17H2,1-3H3. The molecule has 0 amide bonds. The number of unbranched alkanes of at least 4 members (excludes halogenated alkanes) is 1. The first-order valence-electron chi connectivity index (χ1n) is 9.45. The van der Waals surface area contributed by atoms with Crippen LogP contribution in [0.2, 0.25) is 0 Å². The van der Waals surface area contributed by atoms with Crippen LogP contribution in [-0.4, -0.2) is 30.0 Å². The van der Waals surface area contributed by atoms with Crippen LogP contribution < -0.4 is 4.90 Å². The monoisotopic (exact) mass is 370 g/mol. The Bertz CT molecular complexity index is 675. The van der Waals surface area contributed by atoms with Gasteiger partial charge < -0.3 is 9.64 Å². The van der Waals surface area contributed by atoms with Gasteiger partial charge in [-0.15, -0.1) is 0 Å². The summed E-state index contributed by atoms with van der Waals surface area (Å²) in [4.78, 5) is 7.72. The van der Waals surface area contributed by atoms with E-state index in [0.717, 1.165) is 48.7 Å². The zero-order valence-corrected chi connectivity index (χ0v) is 17.0. The Balaban J connectivity index is 1.72. The third kappa shape index (κ3) is 6.50. The number of ether oxygens (including phenoxy) is 1. The summed E-state index contributed by atoms with van der Waals surface area (Å²) >= 11 is 5.60. The summed E-state index contributed by atoms with van der Waals surface area (Å²) in [5.74, 6) is 1.41. The normalized spacial score (nSPS) is 12.0. The lowest BCUT2D eigenvalue weighted by atomic mass is 9.99. The van der Waals surface area contributed by atoms with Gasteiger partial charge in [-0.1, -0.05) is 56.4 Å². The highest BCUT2D eigenvalue weighted by atomic mass is 32.1. The summed E-state index contributed by atoms with van der Waals surface area (Å²) in [6.45, 7) is 6.79. The van der Waals surface area contributed by atoms with Gasteiger partial charge in [-0.3, -0.25) is 0 Å². The van der Waals surface area contributed by atoms with Crippen molar-refractivity contribution in [2.75, 3.05) is 25.1 Å². The molecule has 140 valence electrons. The number of aromatic nitrogens is 1. The third-order valence-electron chi connectivity index (χ3n) is 4.62. The van der Waals surface area contributed by atoms with Crippen molar-refractivity contribution in [1.29, 1.82) is 0 Å². The Morgan fingerprint density at radius 3 is 2.69 bits per heavy atom. The van der Waals surface area contributed by atoms with E-state index in [2.05, 4.69) is 49.0 Å². The van der Waals surface area contributed by atoms with E-state index in [9.17, 15) is 0 Å².